The molecule has 2 atom stereocenters. The van der Waals surface area contributed by atoms with Gasteiger partial charge in [-0.3, -0.25) is 9.59 Å². The fraction of sp³-hybridized carbons (Fsp3) is 0.700. The van der Waals surface area contributed by atoms with Gasteiger partial charge in [-0.2, -0.15) is 0 Å². The van der Waals surface area contributed by atoms with E-state index in [0.717, 1.165) is 0 Å². The molecule has 0 radical (unpaired) electrons. The minimum Gasteiger partial charge on any atom is -0.480 e. The molecule has 0 rings (SSSR count). The summed E-state index contributed by atoms with van der Waals surface area (Å²) in [5.41, 5.74) is 0. The van der Waals surface area contributed by atoms with E-state index < -0.39 is 29.9 Å². The molecule has 98 valence electrons. The molecule has 7 nitrogen and oxygen atoms in total. The number of ether oxygens (including phenoxy) is 1. The molecule has 0 spiro atoms. The van der Waals surface area contributed by atoms with Crippen LogP contribution in [0.5, 0.6) is 0 Å². The number of amides is 2. The van der Waals surface area contributed by atoms with Gasteiger partial charge >= 0.3 is 18.0 Å². The third-order valence-electron chi connectivity index (χ3n) is 2.21. The second-order valence-corrected chi connectivity index (χ2v) is 3.81. The predicted octanol–water partition coefficient (Wildman–Crippen LogP) is -0.0900. The molecule has 0 bridgehead atoms. The first kappa shape index (κ1) is 15.2. The van der Waals surface area contributed by atoms with E-state index in [0.29, 0.717) is 0 Å². The zero-order valence-electron chi connectivity index (χ0n) is 10.4. The molecule has 0 saturated carbocycles. The highest BCUT2D eigenvalue weighted by Crippen LogP contribution is 2.01. The largest absolute Gasteiger partial charge is 0.480 e. The Kier molecular flexibility index (Phi) is 6.01. The van der Waals surface area contributed by atoms with Crippen molar-refractivity contribution in [2.75, 3.05) is 20.7 Å². The molecule has 0 heterocycles. The number of aliphatic carboxylic acids is 1. The van der Waals surface area contributed by atoms with E-state index in [1.165, 1.54) is 26.0 Å². The number of carbonyl (C=O) groups is 3. The average Bonchev–Trinajstić information content (AvgIpc) is 2.27. The minimum atomic E-state index is -1.12. The molecule has 2 N–H and O–H groups in total. The lowest BCUT2D eigenvalue weighted by molar-refractivity contribution is -0.145. The number of carbonyl (C=O) groups excluding carboxylic acids is 2. The van der Waals surface area contributed by atoms with Crippen molar-refractivity contribution in [3.05, 3.63) is 0 Å². The van der Waals surface area contributed by atoms with Gasteiger partial charge in [0, 0.05) is 13.6 Å². The maximum absolute atomic E-state index is 11.5. The second-order valence-electron chi connectivity index (χ2n) is 3.81. The summed E-state index contributed by atoms with van der Waals surface area (Å²) in [6, 6.07) is -1.52. The van der Waals surface area contributed by atoms with Crippen LogP contribution in [0.4, 0.5) is 4.79 Å². The molecule has 0 fully saturated rings. The predicted molar refractivity (Wildman–Crippen MR) is 59.4 cm³/mol. The van der Waals surface area contributed by atoms with E-state index in [2.05, 4.69) is 10.1 Å². The van der Waals surface area contributed by atoms with Crippen molar-refractivity contribution >= 4 is 18.0 Å². The zero-order chi connectivity index (χ0) is 13.6. The van der Waals surface area contributed by atoms with Crippen LogP contribution in [-0.4, -0.2) is 54.7 Å². The fourth-order valence-corrected chi connectivity index (χ4v) is 1.13. The van der Waals surface area contributed by atoms with E-state index in [-0.39, 0.29) is 6.54 Å². The summed E-state index contributed by atoms with van der Waals surface area (Å²) < 4.78 is 4.52. The molecule has 0 aromatic carbocycles. The third kappa shape index (κ3) is 5.19. The Morgan fingerprint density at radius 3 is 2.29 bits per heavy atom. The van der Waals surface area contributed by atoms with Gasteiger partial charge in [-0.1, -0.05) is 6.92 Å². The van der Waals surface area contributed by atoms with Gasteiger partial charge in [0.05, 0.1) is 13.0 Å². The maximum atomic E-state index is 11.5. The lowest BCUT2D eigenvalue weighted by Crippen LogP contribution is -2.46. The van der Waals surface area contributed by atoms with Gasteiger partial charge < -0.3 is 20.1 Å². The SMILES string of the molecule is COC(=O)C(C)CN(C)C(=O)N[C@H](C)C(=O)O. The standard InChI is InChI=1S/C10H18N2O5/c1-6(9(15)17-4)5-12(3)10(16)11-7(2)8(13)14/h6-7H,5H2,1-4H3,(H,11,16)(H,13,14)/t6?,7-/m1/s1. The Balaban J connectivity index is 4.23. The van der Waals surface area contributed by atoms with Crippen LogP contribution in [0, 0.1) is 5.92 Å². The van der Waals surface area contributed by atoms with E-state index in [1.54, 1.807) is 6.92 Å². The lowest BCUT2D eigenvalue weighted by Gasteiger charge is -2.21. The van der Waals surface area contributed by atoms with E-state index in [9.17, 15) is 14.4 Å². The molecule has 0 saturated heterocycles. The van der Waals surface area contributed by atoms with E-state index in [1.807, 2.05) is 0 Å². The van der Waals surface area contributed by atoms with Gasteiger partial charge in [0.1, 0.15) is 6.04 Å². The number of hydrogen-bond acceptors (Lipinski definition) is 4. The van der Waals surface area contributed by atoms with Crippen molar-refractivity contribution in [2.45, 2.75) is 19.9 Å². The number of carboxylic acid groups (broad SMARTS) is 1. The maximum Gasteiger partial charge on any atom is 0.325 e. The van der Waals surface area contributed by atoms with Gasteiger partial charge in [0.15, 0.2) is 0 Å². The normalized spacial score (nSPS) is 13.4. The van der Waals surface area contributed by atoms with Crippen molar-refractivity contribution in [2.24, 2.45) is 5.92 Å². The first-order valence-corrected chi connectivity index (χ1v) is 5.11. The number of methoxy groups -OCH3 is 1. The van der Waals surface area contributed by atoms with Crippen molar-refractivity contribution < 1.29 is 24.2 Å². The molecule has 2 amide bonds. The highest BCUT2D eigenvalue weighted by molar-refractivity contribution is 5.82. The minimum absolute atomic E-state index is 0.158. The molecule has 0 aromatic rings. The number of hydrogen-bond donors (Lipinski definition) is 2. The van der Waals surface area contributed by atoms with Crippen molar-refractivity contribution in [1.82, 2.24) is 10.2 Å². The monoisotopic (exact) mass is 246 g/mol. The quantitative estimate of drug-likeness (QED) is 0.661. The molecular weight excluding hydrogens is 228 g/mol. The fourth-order valence-electron chi connectivity index (χ4n) is 1.13. The lowest BCUT2D eigenvalue weighted by atomic mass is 10.2. The van der Waals surface area contributed by atoms with Crippen LogP contribution in [0.3, 0.4) is 0 Å². The Hall–Kier alpha value is -1.79. The number of carboxylic acids is 1. The molecule has 7 heteroatoms. The Morgan fingerprint density at radius 1 is 1.35 bits per heavy atom. The molecule has 0 aliphatic rings. The van der Waals surface area contributed by atoms with Gasteiger partial charge in [-0.05, 0) is 6.92 Å². The number of urea groups is 1. The van der Waals surface area contributed by atoms with Gasteiger partial charge in [-0.15, -0.1) is 0 Å². The van der Waals surface area contributed by atoms with Gasteiger partial charge in [0.2, 0.25) is 0 Å². The summed E-state index contributed by atoms with van der Waals surface area (Å²) in [6.07, 6.45) is 0. The Labute approximate surface area is 99.7 Å². The first-order chi connectivity index (χ1) is 7.79. The Bertz CT molecular complexity index is 305. The van der Waals surface area contributed by atoms with Crippen LogP contribution in [0.25, 0.3) is 0 Å². The Morgan fingerprint density at radius 2 is 1.88 bits per heavy atom. The van der Waals surface area contributed by atoms with Crippen molar-refractivity contribution in [1.29, 1.82) is 0 Å². The van der Waals surface area contributed by atoms with Crippen molar-refractivity contribution in [3.8, 4) is 0 Å². The molecule has 0 aromatic heterocycles. The summed E-state index contributed by atoms with van der Waals surface area (Å²) >= 11 is 0. The smallest absolute Gasteiger partial charge is 0.325 e. The van der Waals surface area contributed by atoms with Crippen LogP contribution in [0.2, 0.25) is 0 Å². The van der Waals surface area contributed by atoms with E-state index in [4.69, 9.17) is 5.11 Å². The zero-order valence-corrected chi connectivity index (χ0v) is 10.4. The van der Waals surface area contributed by atoms with Crippen molar-refractivity contribution in [3.63, 3.8) is 0 Å². The van der Waals surface area contributed by atoms with Crippen LogP contribution >= 0.6 is 0 Å². The first-order valence-electron chi connectivity index (χ1n) is 5.11. The summed E-state index contributed by atoms with van der Waals surface area (Å²) in [6.45, 7) is 3.14. The number of nitrogens with one attached hydrogen (secondary N) is 1. The summed E-state index contributed by atoms with van der Waals surface area (Å²) in [5, 5.41) is 10.9. The highest BCUT2D eigenvalue weighted by Gasteiger charge is 2.21. The summed E-state index contributed by atoms with van der Waals surface area (Å²) in [7, 11) is 2.74. The molecular formula is C10H18N2O5. The molecule has 17 heavy (non-hydrogen) atoms. The van der Waals surface area contributed by atoms with Crippen LogP contribution in [0.1, 0.15) is 13.8 Å². The topological polar surface area (TPSA) is 95.9 Å². The van der Waals surface area contributed by atoms with Gasteiger partial charge in [0.25, 0.3) is 0 Å². The number of nitrogens with zero attached hydrogens (tertiary/aromatic N) is 1. The van der Waals surface area contributed by atoms with Crippen LogP contribution in [0.15, 0.2) is 0 Å². The van der Waals surface area contributed by atoms with E-state index >= 15 is 0 Å². The van der Waals surface area contributed by atoms with Crippen LogP contribution < -0.4 is 5.32 Å². The number of rotatable bonds is 5. The number of esters is 1. The molecule has 0 aliphatic heterocycles. The summed E-state index contributed by atoms with van der Waals surface area (Å²) in [4.78, 5) is 34.4. The third-order valence-corrected chi connectivity index (χ3v) is 2.21. The second kappa shape index (κ2) is 6.72. The highest BCUT2D eigenvalue weighted by atomic mass is 16.5. The molecule has 1 unspecified atom stereocenters. The van der Waals surface area contributed by atoms with Gasteiger partial charge in [-0.25, -0.2) is 4.79 Å². The van der Waals surface area contributed by atoms with Crippen LogP contribution in [-0.2, 0) is 14.3 Å². The summed E-state index contributed by atoms with van der Waals surface area (Å²) in [5.74, 6) is -2.00. The molecule has 0 aliphatic carbocycles. The average molecular weight is 246 g/mol.